The largest absolute Gasteiger partial charge is 0.481 e. The maximum absolute atomic E-state index is 13.2. The van der Waals surface area contributed by atoms with Gasteiger partial charge in [0.1, 0.15) is 24.4 Å². The van der Waals surface area contributed by atoms with E-state index in [1.807, 2.05) is 55.5 Å². The van der Waals surface area contributed by atoms with Gasteiger partial charge in [0.25, 0.3) is 0 Å². The molecule has 1 fully saturated rings. The number of carboxylic acids is 1. The average Bonchev–Trinajstić information content (AvgIpc) is 2.97. The number of amides is 1. The number of hydrogen-bond donors (Lipinski definition) is 3. The molecule has 212 valence electrons. The summed E-state index contributed by atoms with van der Waals surface area (Å²) in [5.41, 5.74) is 1.00. The fourth-order valence-corrected chi connectivity index (χ4v) is 4.79. The zero-order valence-electron chi connectivity index (χ0n) is 22.7. The lowest BCUT2D eigenvalue weighted by Crippen LogP contribution is -2.42. The van der Waals surface area contributed by atoms with Crippen molar-refractivity contribution in [3.63, 3.8) is 0 Å². The molecule has 1 unspecified atom stereocenters. The summed E-state index contributed by atoms with van der Waals surface area (Å²) in [5, 5.41) is 15.4. The number of aryl methyl sites for hydroxylation is 1. The summed E-state index contributed by atoms with van der Waals surface area (Å²) in [6, 6.07) is 14.9. The molecule has 11 nitrogen and oxygen atoms in total. The van der Waals surface area contributed by atoms with E-state index in [0.29, 0.717) is 18.2 Å². The Morgan fingerprint density at radius 2 is 1.88 bits per heavy atom. The number of carbonyl (C=O) groups excluding carboxylic acids is 1. The SMILES string of the molecule is CCCc1cn(C(CC(=O)O)NC(=O)OCc2ccccc2)c(=O)nc1N1CCC(CNc2ccccn2)CC1. The van der Waals surface area contributed by atoms with E-state index >= 15 is 0 Å². The summed E-state index contributed by atoms with van der Waals surface area (Å²) in [6.45, 7) is 4.38. The third-order valence-corrected chi connectivity index (χ3v) is 6.88. The minimum absolute atomic E-state index is 0.0208. The van der Waals surface area contributed by atoms with Crippen molar-refractivity contribution in [3.05, 3.63) is 82.5 Å². The number of pyridine rings is 1. The Morgan fingerprint density at radius 1 is 1.12 bits per heavy atom. The Kier molecular flexibility index (Phi) is 10.1. The van der Waals surface area contributed by atoms with Crippen LogP contribution in [0.3, 0.4) is 0 Å². The molecule has 0 saturated carbocycles. The van der Waals surface area contributed by atoms with Gasteiger partial charge in [0.2, 0.25) is 0 Å². The molecule has 0 spiro atoms. The number of piperidine rings is 1. The molecule has 40 heavy (non-hydrogen) atoms. The van der Waals surface area contributed by atoms with Crippen molar-refractivity contribution in [2.45, 2.75) is 51.8 Å². The molecular weight excluding hydrogens is 512 g/mol. The third-order valence-electron chi connectivity index (χ3n) is 6.88. The Labute approximate surface area is 233 Å². The first kappa shape index (κ1) is 28.6. The van der Waals surface area contributed by atoms with E-state index in [9.17, 15) is 19.5 Å². The lowest BCUT2D eigenvalue weighted by atomic mass is 9.96. The molecule has 1 atom stereocenters. The van der Waals surface area contributed by atoms with Crippen molar-refractivity contribution in [2.24, 2.45) is 5.92 Å². The monoisotopic (exact) mass is 548 g/mol. The fraction of sp³-hybridized carbons (Fsp3) is 0.414. The standard InChI is InChI=1S/C29H36N6O5/c1-2-8-23-19-35(25(17-26(36)37)32-29(39)40-20-22-9-4-3-5-10-22)28(38)33-27(23)34-15-12-21(13-16-34)18-31-24-11-6-7-14-30-24/h3-7,9-11,14,19,21,25H,2,8,12-13,15-18,20H2,1H3,(H,30,31)(H,32,39)(H,36,37). The third kappa shape index (κ3) is 8.05. The van der Waals surface area contributed by atoms with Gasteiger partial charge < -0.3 is 25.4 Å². The van der Waals surface area contributed by atoms with Crippen LogP contribution >= 0.6 is 0 Å². The van der Waals surface area contributed by atoms with Gasteiger partial charge in [0, 0.05) is 37.6 Å². The van der Waals surface area contributed by atoms with Gasteiger partial charge in [-0.2, -0.15) is 4.98 Å². The number of hydrogen-bond acceptors (Lipinski definition) is 8. The maximum Gasteiger partial charge on any atom is 0.409 e. The summed E-state index contributed by atoms with van der Waals surface area (Å²) >= 11 is 0. The molecular formula is C29H36N6O5. The minimum atomic E-state index is -1.16. The van der Waals surface area contributed by atoms with Crippen molar-refractivity contribution in [1.29, 1.82) is 0 Å². The normalized spacial score (nSPS) is 14.4. The van der Waals surface area contributed by atoms with E-state index in [0.717, 1.165) is 55.8 Å². The molecule has 0 radical (unpaired) electrons. The zero-order valence-corrected chi connectivity index (χ0v) is 22.7. The molecule has 11 heteroatoms. The second kappa shape index (κ2) is 14.1. The van der Waals surface area contributed by atoms with Crippen LogP contribution in [0.2, 0.25) is 0 Å². The highest BCUT2D eigenvalue weighted by Crippen LogP contribution is 2.25. The summed E-state index contributed by atoms with van der Waals surface area (Å²) < 4.78 is 6.45. The van der Waals surface area contributed by atoms with Gasteiger partial charge in [-0.15, -0.1) is 0 Å². The number of alkyl carbamates (subject to hydrolysis) is 1. The molecule has 1 amide bonds. The van der Waals surface area contributed by atoms with Crippen molar-refractivity contribution in [2.75, 3.05) is 29.9 Å². The van der Waals surface area contributed by atoms with Crippen LogP contribution in [0.15, 0.2) is 65.7 Å². The molecule has 1 aromatic carbocycles. The predicted octanol–water partition coefficient (Wildman–Crippen LogP) is 3.82. The number of carbonyl (C=O) groups is 2. The van der Waals surface area contributed by atoms with E-state index in [4.69, 9.17) is 4.74 Å². The van der Waals surface area contributed by atoms with Gasteiger partial charge in [-0.1, -0.05) is 49.7 Å². The molecule has 2 aromatic heterocycles. The van der Waals surface area contributed by atoms with Crippen LogP contribution in [0.1, 0.15) is 49.9 Å². The second-order valence-corrected chi connectivity index (χ2v) is 9.88. The highest BCUT2D eigenvalue weighted by atomic mass is 16.5. The first-order chi connectivity index (χ1) is 19.4. The van der Waals surface area contributed by atoms with E-state index in [1.54, 1.807) is 12.4 Å². The van der Waals surface area contributed by atoms with Gasteiger partial charge in [-0.25, -0.2) is 14.6 Å². The summed E-state index contributed by atoms with van der Waals surface area (Å²) in [4.78, 5) is 48.1. The second-order valence-electron chi connectivity index (χ2n) is 9.88. The molecule has 0 aliphatic carbocycles. The van der Waals surface area contributed by atoms with Gasteiger partial charge in [0.15, 0.2) is 0 Å². The number of aromatic nitrogens is 3. The van der Waals surface area contributed by atoms with Crippen LogP contribution < -0.4 is 21.2 Å². The molecule has 3 N–H and O–H groups in total. The van der Waals surface area contributed by atoms with Crippen LogP contribution in [0, 0.1) is 5.92 Å². The predicted molar refractivity (Wildman–Crippen MR) is 151 cm³/mol. The molecule has 1 aliphatic heterocycles. The summed E-state index contributed by atoms with van der Waals surface area (Å²) in [7, 11) is 0. The number of nitrogens with one attached hydrogen (secondary N) is 2. The highest BCUT2D eigenvalue weighted by Gasteiger charge is 2.26. The van der Waals surface area contributed by atoms with Crippen molar-refractivity contribution in [1.82, 2.24) is 19.9 Å². The average molecular weight is 549 g/mol. The molecule has 1 saturated heterocycles. The Hall–Kier alpha value is -4.41. The van der Waals surface area contributed by atoms with Crippen LogP contribution in [0.25, 0.3) is 0 Å². The highest BCUT2D eigenvalue weighted by molar-refractivity contribution is 5.71. The van der Waals surface area contributed by atoms with Gasteiger partial charge >= 0.3 is 17.8 Å². The number of ether oxygens (including phenoxy) is 1. The molecule has 3 aromatic rings. The summed E-state index contributed by atoms with van der Waals surface area (Å²) in [6.07, 6.45) is 4.28. The van der Waals surface area contributed by atoms with Crippen LogP contribution in [-0.4, -0.2) is 51.3 Å². The quantitative estimate of drug-likeness (QED) is 0.308. The number of carboxylic acid groups (broad SMARTS) is 1. The first-order valence-electron chi connectivity index (χ1n) is 13.6. The van der Waals surface area contributed by atoms with E-state index in [-0.39, 0.29) is 6.61 Å². The topological polar surface area (TPSA) is 139 Å². The van der Waals surface area contributed by atoms with Crippen molar-refractivity contribution in [3.8, 4) is 0 Å². The number of nitrogens with zero attached hydrogens (tertiary/aromatic N) is 4. The van der Waals surface area contributed by atoms with E-state index in [1.165, 1.54) is 4.57 Å². The molecule has 4 rings (SSSR count). The Balaban J connectivity index is 1.44. The first-order valence-corrected chi connectivity index (χ1v) is 13.6. The van der Waals surface area contributed by atoms with Crippen LogP contribution in [0.4, 0.5) is 16.4 Å². The maximum atomic E-state index is 13.2. The van der Waals surface area contributed by atoms with Gasteiger partial charge in [-0.05, 0) is 42.9 Å². The minimum Gasteiger partial charge on any atom is -0.481 e. The zero-order chi connectivity index (χ0) is 28.3. The molecule has 3 heterocycles. The number of benzene rings is 1. The van der Waals surface area contributed by atoms with Crippen LogP contribution in [0.5, 0.6) is 0 Å². The van der Waals surface area contributed by atoms with E-state index in [2.05, 4.69) is 25.5 Å². The number of anilines is 2. The van der Waals surface area contributed by atoms with Gasteiger partial charge in [-0.3, -0.25) is 9.36 Å². The smallest absolute Gasteiger partial charge is 0.409 e. The number of rotatable bonds is 12. The fourth-order valence-electron chi connectivity index (χ4n) is 4.79. The van der Waals surface area contributed by atoms with Crippen LogP contribution in [-0.2, 0) is 22.6 Å². The Bertz CT molecular complexity index is 1310. The Morgan fingerprint density at radius 3 is 2.55 bits per heavy atom. The lowest BCUT2D eigenvalue weighted by molar-refractivity contribution is -0.138. The lowest BCUT2D eigenvalue weighted by Gasteiger charge is -2.34. The van der Waals surface area contributed by atoms with Crippen molar-refractivity contribution < 1.29 is 19.4 Å². The molecule has 0 bridgehead atoms. The van der Waals surface area contributed by atoms with Crippen molar-refractivity contribution >= 4 is 23.7 Å². The summed E-state index contributed by atoms with van der Waals surface area (Å²) in [5.74, 6) is 0.788. The molecule has 1 aliphatic rings. The van der Waals surface area contributed by atoms with E-state index < -0.39 is 30.3 Å². The van der Waals surface area contributed by atoms with Gasteiger partial charge in [0.05, 0.1) is 6.42 Å². The number of aliphatic carboxylic acids is 1.